The first-order valence-corrected chi connectivity index (χ1v) is 5.74. The molecule has 0 aliphatic carbocycles. The highest BCUT2D eigenvalue weighted by Crippen LogP contribution is 2.26. The van der Waals surface area contributed by atoms with E-state index in [-0.39, 0.29) is 6.04 Å². The maximum Gasteiger partial charge on any atom is 0.0824 e. The van der Waals surface area contributed by atoms with Crippen LogP contribution in [0.25, 0.3) is 0 Å². The van der Waals surface area contributed by atoms with Gasteiger partial charge < -0.3 is 16.2 Å². The van der Waals surface area contributed by atoms with Gasteiger partial charge in [0, 0.05) is 21.8 Å². The first-order valence-electron chi connectivity index (χ1n) is 4.95. The van der Waals surface area contributed by atoms with Gasteiger partial charge in [0.05, 0.1) is 6.10 Å². The molecule has 0 spiro atoms. The fraction of sp³-hybridized carbons (Fsp3) is 0.455. The smallest absolute Gasteiger partial charge is 0.0824 e. The summed E-state index contributed by atoms with van der Waals surface area (Å²) in [6, 6.07) is 5.82. The van der Waals surface area contributed by atoms with Crippen LogP contribution < -0.4 is 11.1 Å². The molecule has 0 radical (unpaired) electrons. The first-order chi connectivity index (χ1) is 7.04. The van der Waals surface area contributed by atoms with Crippen LogP contribution in [0.3, 0.4) is 0 Å². The molecule has 0 amide bonds. The second-order valence-electron chi connectivity index (χ2n) is 3.71. The molecule has 0 saturated carbocycles. The summed E-state index contributed by atoms with van der Waals surface area (Å²) in [7, 11) is 1.88. The number of halogens is 1. The van der Waals surface area contributed by atoms with Gasteiger partial charge in [-0.1, -0.05) is 22.0 Å². The molecule has 2 atom stereocenters. The van der Waals surface area contributed by atoms with Gasteiger partial charge in [-0.05, 0) is 32.5 Å². The number of nitrogen functional groups attached to an aromatic ring is 1. The van der Waals surface area contributed by atoms with Crippen molar-refractivity contribution in [2.45, 2.75) is 25.5 Å². The highest BCUT2D eigenvalue weighted by Gasteiger charge is 2.13. The minimum absolute atomic E-state index is 0.267. The Balaban J connectivity index is 2.77. The van der Waals surface area contributed by atoms with Crippen molar-refractivity contribution in [3.05, 3.63) is 28.2 Å². The molecule has 0 aromatic heterocycles. The number of nitrogens with two attached hydrogens (primary N) is 1. The molecule has 0 fully saturated rings. The zero-order valence-corrected chi connectivity index (χ0v) is 10.6. The third kappa shape index (κ3) is 3.48. The van der Waals surface area contributed by atoms with Crippen molar-refractivity contribution in [2.24, 2.45) is 0 Å². The van der Waals surface area contributed by atoms with Crippen LogP contribution in [-0.4, -0.2) is 18.2 Å². The van der Waals surface area contributed by atoms with Gasteiger partial charge in [-0.3, -0.25) is 0 Å². The fourth-order valence-corrected chi connectivity index (χ4v) is 1.81. The van der Waals surface area contributed by atoms with E-state index in [0.29, 0.717) is 12.1 Å². The van der Waals surface area contributed by atoms with Crippen molar-refractivity contribution in [2.75, 3.05) is 12.8 Å². The standard InChI is InChI=1S/C11H17BrN2O/c1-7(14-2)5-11(15)9-4-3-8(12)6-10(9)13/h3-4,6-7,11,14-15H,5,13H2,1-2H3. The van der Waals surface area contributed by atoms with Crippen LogP contribution in [0.2, 0.25) is 0 Å². The number of aliphatic hydroxyl groups is 1. The van der Waals surface area contributed by atoms with Crippen molar-refractivity contribution >= 4 is 21.6 Å². The van der Waals surface area contributed by atoms with Crippen LogP contribution in [0.5, 0.6) is 0 Å². The molecule has 4 heteroatoms. The lowest BCUT2D eigenvalue weighted by atomic mass is 10.0. The van der Waals surface area contributed by atoms with Crippen LogP contribution in [0.15, 0.2) is 22.7 Å². The van der Waals surface area contributed by atoms with Gasteiger partial charge in [0.25, 0.3) is 0 Å². The Morgan fingerprint density at radius 1 is 1.53 bits per heavy atom. The molecular formula is C11H17BrN2O. The molecular weight excluding hydrogens is 256 g/mol. The van der Waals surface area contributed by atoms with Crippen molar-refractivity contribution < 1.29 is 5.11 Å². The third-order valence-corrected chi connectivity index (χ3v) is 2.97. The number of aliphatic hydroxyl groups excluding tert-OH is 1. The van der Waals surface area contributed by atoms with Crippen molar-refractivity contribution in [3.8, 4) is 0 Å². The Hall–Kier alpha value is -0.580. The maximum atomic E-state index is 9.96. The van der Waals surface area contributed by atoms with Crippen LogP contribution >= 0.6 is 15.9 Å². The predicted molar refractivity (Wildman–Crippen MR) is 66.7 cm³/mol. The zero-order chi connectivity index (χ0) is 11.4. The monoisotopic (exact) mass is 272 g/mol. The summed E-state index contributed by atoms with van der Waals surface area (Å²) in [5.41, 5.74) is 7.25. The minimum Gasteiger partial charge on any atom is -0.398 e. The van der Waals surface area contributed by atoms with Crippen LogP contribution in [0.1, 0.15) is 25.0 Å². The molecule has 4 N–H and O–H groups in total. The lowest BCUT2D eigenvalue weighted by molar-refractivity contribution is 0.156. The topological polar surface area (TPSA) is 58.3 Å². The summed E-state index contributed by atoms with van der Waals surface area (Å²) in [6.45, 7) is 2.03. The molecule has 1 rings (SSSR count). The largest absolute Gasteiger partial charge is 0.398 e. The SMILES string of the molecule is CNC(C)CC(O)c1ccc(Br)cc1N. The highest BCUT2D eigenvalue weighted by molar-refractivity contribution is 9.10. The number of hydrogen-bond acceptors (Lipinski definition) is 3. The number of rotatable bonds is 4. The van der Waals surface area contributed by atoms with Crippen LogP contribution in [-0.2, 0) is 0 Å². The van der Waals surface area contributed by atoms with E-state index in [1.54, 1.807) is 0 Å². The Labute approximate surface area is 98.8 Å². The van der Waals surface area contributed by atoms with Crippen LogP contribution in [0.4, 0.5) is 5.69 Å². The highest BCUT2D eigenvalue weighted by atomic mass is 79.9. The van der Waals surface area contributed by atoms with E-state index in [2.05, 4.69) is 21.2 Å². The average Bonchev–Trinajstić information content (AvgIpc) is 2.17. The molecule has 2 unspecified atom stereocenters. The van der Waals surface area contributed by atoms with Crippen molar-refractivity contribution in [3.63, 3.8) is 0 Å². The second-order valence-corrected chi connectivity index (χ2v) is 4.63. The average molecular weight is 273 g/mol. The Morgan fingerprint density at radius 2 is 2.20 bits per heavy atom. The number of nitrogens with one attached hydrogen (secondary N) is 1. The second kappa shape index (κ2) is 5.49. The van der Waals surface area contributed by atoms with E-state index in [4.69, 9.17) is 5.73 Å². The van der Waals surface area contributed by atoms with Gasteiger partial charge in [-0.2, -0.15) is 0 Å². The Kier molecular flexibility index (Phi) is 4.57. The summed E-state index contributed by atoms with van der Waals surface area (Å²) in [5.74, 6) is 0. The predicted octanol–water partition coefficient (Wildman–Crippen LogP) is 2.06. The summed E-state index contributed by atoms with van der Waals surface area (Å²) in [6.07, 6.45) is 0.142. The number of benzene rings is 1. The van der Waals surface area contributed by atoms with E-state index < -0.39 is 6.10 Å². The molecule has 1 aromatic carbocycles. The van der Waals surface area contributed by atoms with Gasteiger partial charge >= 0.3 is 0 Å². The first kappa shape index (κ1) is 12.5. The quantitative estimate of drug-likeness (QED) is 0.736. The third-order valence-electron chi connectivity index (χ3n) is 2.48. The molecule has 1 aromatic rings. The number of hydrogen-bond donors (Lipinski definition) is 3. The van der Waals surface area contributed by atoms with Gasteiger partial charge in [-0.15, -0.1) is 0 Å². The van der Waals surface area contributed by atoms with Crippen molar-refractivity contribution in [1.82, 2.24) is 5.32 Å². The Bertz CT molecular complexity index is 330. The van der Waals surface area contributed by atoms with E-state index in [0.717, 1.165) is 10.0 Å². The maximum absolute atomic E-state index is 9.96. The van der Waals surface area contributed by atoms with E-state index >= 15 is 0 Å². The summed E-state index contributed by atoms with van der Waals surface area (Å²) in [5, 5.41) is 13.0. The summed E-state index contributed by atoms with van der Waals surface area (Å²) >= 11 is 3.34. The molecule has 0 bridgehead atoms. The fourth-order valence-electron chi connectivity index (χ4n) is 1.43. The molecule has 84 valence electrons. The van der Waals surface area contributed by atoms with Gasteiger partial charge in [0.2, 0.25) is 0 Å². The lowest BCUT2D eigenvalue weighted by Crippen LogP contribution is -2.23. The molecule has 0 saturated heterocycles. The van der Waals surface area contributed by atoms with E-state index in [1.807, 2.05) is 32.2 Å². The molecule has 0 aliphatic rings. The summed E-state index contributed by atoms with van der Waals surface area (Å²) < 4.78 is 0.928. The minimum atomic E-state index is -0.513. The molecule has 0 aliphatic heterocycles. The lowest BCUT2D eigenvalue weighted by Gasteiger charge is -2.17. The van der Waals surface area contributed by atoms with Crippen LogP contribution in [0, 0.1) is 0 Å². The zero-order valence-electron chi connectivity index (χ0n) is 9.00. The molecule has 0 heterocycles. The number of anilines is 1. The van der Waals surface area contributed by atoms with Gasteiger partial charge in [0.1, 0.15) is 0 Å². The molecule has 3 nitrogen and oxygen atoms in total. The Morgan fingerprint density at radius 3 is 2.73 bits per heavy atom. The normalized spacial score (nSPS) is 14.9. The van der Waals surface area contributed by atoms with Gasteiger partial charge in [0.15, 0.2) is 0 Å². The summed E-state index contributed by atoms with van der Waals surface area (Å²) in [4.78, 5) is 0. The van der Waals surface area contributed by atoms with E-state index in [1.165, 1.54) is 0 Å². The molecule has 15 heavy (non-hydrogen) atoms. The van der Waals surface area contributed by atoms with E-state index in [9.17, 15) is 5.11 Å². The van der Waals surface area contributed by atoms with Crippen molar-refractivity contribution in [1.29, 1.82) is 0 Å². The van der Waals surface area contributed by atoms with Gasteiger partial charge in [-0.25, -0.2) is 0 Å².